The third-order valence-electron chi connectivity index (χ3n) is 6.46. The highest BCUT2D eigenvalue weighted by atomic mass is 19.1. The predicted molar refractivity (Wildman–Crippen MR) is 148 cm³/mol. The summed E-state index contributed by atoms with van der Waals surface area (Å²) in [6, 6.07) is 20.9. The second-order valence-corrected chi connectivity index (χ2v) is 10.7. The second kappa shape index (κ2) is 12.5. The summed E-state index contributed by atoms with van der Waals surface area (Å²) in [5, 5.41) is 15.0. The molecule has 3 atom stereocenters. The monoisotopic (exact) mass is 535 g/mol. The average molecular weight is 536 g/mol. The topological polar surface area (TPSA) is 74.2 Å². The Kier molecular flexibility index (Phi) is 9.09. The van der Waals surface area contributed by atoms with Gasteiger partial charge in [0, 0.05) is 36.8 Å². The minimum absolute atomic E-state index is 0.0532. The van der Waals surface area contributed by atoms with Gasteiger partial charge in [0.1, 0.15) is 17.2 Å². The molecule has 4 rings (SSSR count). The lowest BCUT2D eigenvalue weighted by Crippen LogP contribution is -2.61. The summed E-state index contributed by atoms with van der Waals surface area (Å²) in [7, 11) is 0. The number of hydrogen-bond donors (Lipinski definition) is 2. The van der Waals surface area contributed by atoms with E-state index in [-0.39, 0.29) is 6.42 Å². The van der Waals surface area contributed by atoms with Crippen LogP contribution in [0.15, 0.2) is 83.9 Å². The van der Waals surface area contributed by atoms with Crippen LogP contribution in [0.1, 0.15) is 37.5 Å². The fourth-order valence-corrected chi connectivity index (χ4v) is 4.72. The summed E-state index contributed by atoms with van der Waals surface area (Å²) in [6.07, 6.45) is -1.64. The molecule has 0 bridgehead atoms. The molecule has 1 aliphatic heterocycles. The van der Waals surface area contributed by atoms with Gasteiger partial charge in [0.15, 0.2) is 0 Å². The number of halogens is 2. The number of benzene rings is 3. The smallest absolute Gasteiger partial charge is 0.410 e. The minimum Gasteiger partial charge on any atom is -0.444 e. The van der Waals surface area contributed by atoms with Crippen molar-refractivity contribution in [3.05, 3.63) is 107 Å². The summed E-state index contributed by atoms with van der Waals surface area (Å²) in [5.74, 6) is -1.41. The Bertz CT molecular complexity index is 1220. The highest BCUT2D eigenvalue weighted by molar-refractivity contribution is 6.13. The van der Waals surface area contributed by atoms with E-state index in [1.807, 2.05) is 60.7 Å². The maximum atomic E-state index is 14.1. The molecular weight excluding hydrogens is 500 g/mol. The number of aliphatic hydroxyl groups excluding tert-OH is 1. The van der Waals surface area contributed by atoms with Crippen molar-refractivity contribution in [2.24, 2.45) is 4.99 Å². The molecular formula is C31H35F2N3O3. The lowest BCUT2D eigenvalue weighted by molar-refractivity contribution is -0.0172. The molecule has 1 heterocycles. The largest absolute Gasteiger partial charge is 0.444 e. The van der Waals surface area contributed by atoms with Crippen LogP contribution in [-0.2, 0) is 11.2 Å². The Morgan fingerprint density at radius 2 is 1.59 bits per heavy atom. The van der Waals surface area contributed by atoms with E-state index in [9.17, 15) is 18.7 Å². The van der Waals surface area contributed by atoms with Gasteiger partial charge in [0.05, 0.1) is 23.9 Å². The first-order valence-electron chi connectivity index (χ1n) is 13.1. The zero-order valence-electron chi connectivity index (χ0n) is 22.5. The van der Waals surface area contributed by atoms with E-state index in [4.69, 9.17) is 9.73 Å². The molecule has 0 radical (unpaired) electrons. The highest BCUT2D eigenvalue weighted by Gasteiger charge is 2.38. The zero-order chi connectivity index (χ0) is 28.0. The first-order valence-corrected chi connectivity index (χ1v) is 13.1. The number of ether oxygens (including phenoxy) is 1. The number of carbonyl (C=O) groups is 1. The Balaban J connectivity index is 1.78. The van der Waals surface area contributed by atoms with Crippen LogP contribution >= 0.6 is 0 Å². The maximum absolute atomic E-state index is 14.1. The number of rotatable bonds is 7. The van der Waals surface area contributed by atoms with Gasteiger partial charge in [0.25, 0.3) is 0 Å². The Labute approximate surface area is 228 Å². The van der Waals surface area contributed by atoms with E-state index in [0.717, 1.165) is 17.2 Å². The summed E-state index contributed by atoms with van der Waals surface area (Å²) < 4.78 is 33.9. The molecule has 1 amide bonds. The Morgan fingerprint density at radius 1 is 1.03 bits per heavy atom. The summed E-state index contributed by atoms with van der Waals surface area (Å²) in [6.45, 7) is 6.56. The lowest BCUT2D eigenvalue weighted by Gasteiger charge is -2.41. The van der Waals surface area contributed by atoms with Crippen molar-refractivity contribution >= 4 is 11.8 Å². The Morgan fingerprint density at radius 3 is 2.13 bits per heavy atom. The molecule has 1 aliphatic rings. The molecule has 2 N–H and O–H groups in total. The molecule has 0 aliphatic carbocycles. The summed E-state index contributed by atoms with van der Waals surface area (Å²) in [5.41, 5.74) is 1.94. The van der Waals surface area contributed by atoms with E-state index in [2.05, 4.69) is 5.32 Å². The molecule has 39 heavy (non-hydrogen) atoms. The van der Waals surface area contributed by atoms with Gasteiger partial charge in [-0.25, -0.2) is 13.6 Å². The fourth-order valence-electron chi connectivity index (χ4n) is 4.72. The van der Waals surface area contributed by atoms with Crippen molar-refractivity contribution in [2.75, 3.05) is 19.6 Å². The van der Waals surface area contributed by atoms with Gasteiger partial charge in [-0.3, -0.25) is 9.89 Å². The number of amides is 1. The molecule has 1 saturated heterocycles. The van der Waals surface area contributed by atoms with Crippen LogP contribution in [0.3, 0.4) is 0 Å². The first kappa shape index (κ1) is 28.4. The number of carbonyl (C=O) groups excluding carboxylic acids is 1. The molecule has 0 aromatic heterocycles. The van der Waals surface area contributed by atoms with Crippen LogP contribution in [0.5, 0.6) is 0 Å². The Hall–Kier alpha value is -3.62. The molecule has 0 saturated carbocycles. The van der Waals surface area contributed by atoms with Crippen LogP contribution in [0, 0.1) is 11.6 Å². The van der Waals surface area contributed by atoms with E-state index in [1.165, 1.54) is 17.0 Å². The third-order valence-corrected chi connectivity index (χ3v) is 6.46. The molecule has 206 valence electrons. The van der Waals surface area contributed by atoms with Gasteiger partial charge in [-0.05, 0) is 44.9 Å². The van der Waals surface area contributed by atoms with Crippen molar-refractivity contribution in [3.8, 4) is 0 Å². The number of hydrogen-bond acceptors (Lipinski definition) is 5. The van der Waals surface area contributed by atoms with Crippen molar-refractivity contribution in [1.82, 2.24) is 10.2 Å². The average Bonchev–Trinajstić information content (AvgIpc) is 2.90. The SMILES string of the molecule is CC(C)(C)OC(=O)N1CCNC[C@@H]1[C@@H](O)[C@H](Cc1cc(F)cc(F)c1)N=C(c1ccccc1)c1ccccc1. The van der Waals surface area contributed by atoms with Crippen molar-refractivity contribution < 1.29 is 23.4 Å². The van der Waals surface area contributed by atoms with Crippen molar-refractivity contribution in [1.29, 1.82) is 0 Å². The second-order valence-electron chi connectivity index (χ2n) is 10.7. The van der Waals surface area contributed by atoms with E-state index < -0.39 is 41.5 Å². The predicted octanol–water partition coefficient (Wildman–Crippen LogP) is 4.98. The number of nitrogens with one attached hydrogen (secondary N) is 1. The molecule has 0 unspecified atom stereocenters. The van der Waals surface area contributed by atoms with E-state index in [0.29, 0.717) is 30.9 Å². The van der Waals surface area contributed by atoms with Crippen LogP contribution in [-0.4, -0.2) is 65.2 Å². The zero-order valence-corrected chi connectivity index (χ0v) is 22.5. The fraction of sp³-hybridized carbons (Fsp3) is 0.355. The van der Waals surface area contributed by atoms with Gasteiger partial charge < -0.3 is 15.2 Å². The number of nitrogens with zero attached hydrogens (tertiary/aromatic N) is 2. The number of aliphatic imine (C=N–C) groups is 1. The molecule has 8 heteroatoms. The van der Waals surface area contributed by atoms with Gasteiger partial charge in [-0.2, -0.15) is 0 Å². The van der Waals surface area contributed by atoms with Crippen LogP contribution < -0.4 is 5.32 Å². The first-order chi connectivity index (χ1) is 18.6. The van der Waals surface area contributed by atoms with E-state index >= 15 is 0 Å². The lowest BCUT2D eigenvalue weighted by atomic mass is 9.93. The van der Waals surface area contributed by atoms with Crippen molar-refractivity contribution in [2.45, 2.75) is 51.0 Å². The van der Waals surface area contributed by atoms with Gasteiger partial charge >= 0.3 is 6.09 Å². The maximum Gasteiger partial charge on any atom is 0.410 e. The van der Waals surface area contributed by atoms with Crippen LogP contribution in [0.4, 0.5) is 13.6 Å². The van der Waals surface area contributed by atoms with Gasteiger partial charge in [0.2, 0.25) is 0 Å². The van der Waals surface area contributed by atoms with Gasteiger partial charge in [-0.15, -0.1) is 0 Å². The third kappa shape index (κ3) is 7.71. The standard InChI is InChI=1S/C31H35F2N3O3/c1-31(2,3)39-30(38)36-15-14-34-20-27(36)29(37)26(18-21-16-24(32)19-25(33)17-21)35-28(22-10-6-4-7-11-22)23-12-8-5-9-13-23/h4-13,16-17,19,26-27,29,34,37H,14-15,18,20H2,1-3H3/t26-,27+,29-/m0/s1. The molecule has 0 spiro atoms. The van der Waals surface area contributed by atoms with Crippen molar-refractivity contribution in [3.63, 3.8) is 0 Å². The van der Waals surface area contributed by atoms with E-state index in [1.54, 1.807) is 20.8 Å². The summed E-state index contributed by atoms with van der Waals surface area (Å²) in [4.78, 5) is 19.6. The number of piperazine rings is 1. The normalized spacial score (nSPS) is 17.3. The number of aliphatic hydroxyl groups is 1. The molecule has 1 fully saturated rings. The quantitative estimate of drug-likeness (QED) is 0.419. The van der Waals surface area contributed by atoms with Crippen LogP contribution in [0.2, 0.25) is 0 Å². The molecule has 3 aromatic carbocycles. The highest BCUT2D eigenvalue weighted by Crippen LogP contribution is 2.23. The van der Waals surface area contributed by atoms with Gasteiger partial charge in [-0.1, -0.05) is 60.7 Å². The molecule has 3 aromatic rings. The minimum atomic E-state index is -1.17. The molecule has 6 nitrogen and oxygen atoms in total. The van der Waals surface area contributed by atoms with Crippen LogP contribution in [0.25, 0.3) is 0 Å². The summed E-state index contributed by atoms with van der Waals surface area (Å²) >= 11 is 0.